The molecule has 0 bridgehead atoms. The maximum atomic E-state index is 13.0. The Kier molecular flexibility index (Phi) is 53.2. The number of carbonyl (C=O) groups excluding carboxylic acids is 4. The number of phosphoric acid groups is 2. The summed E-state index contributed by atoms with van der Waals surface area (Å²) in [6.45, 7) is 11.7. The highest BCUT2D eigenvalue weighted by Gasteiger charge is 2.30. The first kappa shape index (κ1) is 80.1. The molecular formula is C63H122O17P2. The number of unbranched alkanes of at least 4 members (excludes halogenated alkanes) is 28. The van der Waals surface area contributed by atoms with Gasteiger partial charge in [0.05, 0.1) is 26.4 Å². The average Bonchev–Trinajstić information content (AvgIpc) is 3.43. The lowest BCUT2D eigenvalue weighted by molar-refractivity contribution is -0.161. The molecule has 6 atom stereocenters. The van der Waals surface area contributed by atoms with E-state index in [1.807, 2.05) is 0 Å². The van der Waals surface area contributed by atoms with Crippen molar-refractivity contribution in [3.63, 3.8) is 0 Å². The van der Waals surface area contributed by atoms with Crippen LogP contribution in [0.3, 0.4) is 0 Å². The third-order valence-electron chi connectivity index (χ3n) is 14.7. The fourth-order valence-electron chi connectivity index (χ4n) is 9.27. The van der Waals surface area contributed by atoms with Crippen LogP contribution in [0.25, 0.3) is 0 Å². The Morgan fingerprint density at radius 1 is 0.354 bits per heavy atom. The minimum Gasteiger partial charge on any atom is -0.462 e. The maximum Gasteiger partial charge on any atom is 0.472 e. The predicted octanol–water partition coefficient (Wildman–Crippen LogP) is 17.1. The number of rotatable bonds is 61. The van der Waals surface area contributed by atoms with Gasteiger partial charge in [0.25, 0.3) is 0 Å². The summed E-state index contributed by atoms with van der Waals surface area (Å²) in [5.74, 6) is 0.0236. The zero-order chi connectivity index (χ0) is 61.0. The highest BCUT2D eigenvalue weighted by atomic mass is 31.2. The van der Waals surface area contributed by atoms with Crippen LogP contribution in [0.5, 0.6) is 0 Å². The molecular weight excluding hydrogens is 1090 g/mol. The number of ether oxygens (including phenoxy) is 4. The van der Waals surface area contributed by atoms with E-state index in [-0.39, 0.29) is 25.7 Å². The molecule has 0 saturated heterocycles. The largest absolute Gasteiger partial charge is 0.472 e. The molecule has 0 aromatic heterocycles. The van der Waals surface area contributed by atoms with Gasteiger partial charge in [-0.15, -0.1) is 0 Å². The molecule has 0 aliphatic heterocycles. The van der Waals surface area contributed by atoms with Gasteiger partial charge in [-0.1, -0.05) is 254 Å². The van der Waals surface area contributed by atoms with Gasteiger partial charge in [-0.2, -0.15) is 0 Å². The van der Waals surface area contributed by atoms with Crippen LogP contribution in [0.4, 0.5) is 0 Å². The van der Waals surface area contributed by atoms with Gasteiger partial charge in [0.2, 0.25) is 0 Å². The van der Waals surface area contributed by atoms with Gasteiger partial charge < -0.3 is 33.8 Å². The van der Waals surface area contributed by atoms with Crippen LogP contribution in [0.1, 0.15) is 305 Å². The van der Waals surface area contributed by atoms with Gasteiger partial charge in [-0.25, -0.2) is 9.13 Å². The molecule has 3 unspecified atom stereocenters. The molecule has 0 aliphatic rings. The predicted molar refractivity (Wildman–Crippen MR) is 326 cm³/mol. The lowest BCUT2D eigenvalue weighted by atomic mass is 10.00. The highest BCUT2D eigenvalue weighted by Crippen LogP contribution is 2.45. The molecule has 0 fully saturated rings. The Morgan fingerprint density at radius 3 is 0.927 bits per heavy atom. The Labute approximate surface area is 498 Å². The Bertz CT molecular complexity index is 1630. The lowest BCUT2D eigenvalue weighted by Crippen LogP contribution is -2.30. The van der Waals surface area contributed by atoms with Crippen LogP contribution in [0.2, 0.25) is 0 Å². The molecule has 0 rings (SSSR count). The van der Waals surface area contributed by atoms with Gasteiger partial charge in [0.15, 0.2) is 12.2 Å². The molecule has 3 N–H and O–H groups in total. The van der Waals surface area contributed by atoms with Crippen molar-refractivity contribution in [2.45, 2.75) is 324 Å². The van der Waals surface area contributed by atoms with Crippen LogP contribution in [-0.2, 0) is 65.4 Å². The quantitative estimate of drug-likeness (QED) is 0.0222. The molecule has 486 valence electrons. The minimum atomic E-state index is -4.94. The van der Waals surface area contributed by atoms with Crippen molar-refractivity contribution in [3.05, 3.63) is 0 Å². The summed E-state index contributed by atoms with van der Waals surface area (Å²) in [4.78, 5) is 72.1. The number of hydrogen-bond donors (Lipinski definition) is 3. The first-order valence-corrected chi connectivity index (χ1v) is 35.9. The molecule has 82 heavy (non-hydrogen) atoms. The summed E-state index contributed by atoms with van der Waals surface area (Å²) in [6.07, 6.45) is 34.9. The highest BCUT2D eigenvalue weighted by molar-refractivity contribution is 7.47. The van der Waals surface area contributed by atoms with Crippen LogP contribution in [0, 0.1) is 17.8 Å². The lowest BCUT2D eigenvalue weighted by Gasteiger charge is -2.21. The molecule has 0 heterocycles. The molecule has 0 aromatic rings. The standard InChI is InChI=1S/C63H122O17P2/c1-8-10-11-12-13-14-15-22-30-37-44-60(65)73-51-59(80-63(68)47-40-33-26-25-29-36-43-56(7)9-2)53-78-82(71,72)76-49-57(64)48-75-81(69,70)77-52-58(79-62(67)46-39-32-24-19-17-21-28-35-42-55(5)6)50-74-61(66)45-38-31-23-18-16-20-27-34-41-54(3)4/h54-59,64H,8-53H2,1-7H3,(H,69,70)(H,71,72)/t56?,57-,58-,59-/m1/s1. The van der Waals surface area contributed by atoms with Gasteiger partial charge in [-0.3, -0.25) is 37.3 Å². The van der Waals surface area contributed by atoms with Crippen molar-refractivity contribution in [2.24, 2.45) is 17.8 Å². The second-order valence-corrected chi connectivity index (χ2v) is 26.9. The van der Waals surface area contributed by atoms with Gasteiger partial charge in [-0.05, 0) is 43.4 Å². The van der Waals surface area contributed by atoms with Crippen LogP contribution < -0.4 is 0 Å². The zero-order valence-electron chi connectivity index (χ0n) is 52.9. The number of carbonyl (C=O) groups is 4. The van der Waals surface area contributed by atoms with Crippen molar-refractivity contribution in [1.82, 2.24) is 0 Å². The molecule has 0 radical (unpaired) electrons. The molecule has 0 saturated carbocycles. The Hall–Kier alpha value is -1.94. The SMILES string of the molecule is CCCCCCCCCCCCC(=O)OC[C@H](COP(=O)(O)OC[C@H](O)COP(=O)(O)OC[C@@H](COC(=O)CCCCCCCCCCC(C)C)OC(=O)CCCCCCCCCCC(C)C)OC(=O)CCCCCCCCC(C)CC. The van der Waals surface area contributed by atoms with Crippen molar-refractivity contribution >= 4 is 39.5 Å². The molecule has 0 amide bonds. The smallest absolute Gasteiger partial charge is 0.462 e. The molecule has 0 aliphatic carbocycles. The van der Waals surface area contributed by atoms with E-state index in [1.54, 1.807) is 0 Å². The summed E-state index contributed by atoms with van der Waals surface area (Å²) in [7, 11) is -9.89. The number of hydrogen-bond acceptors (Lipinski definition) is 15. The summed E-state index contributed by atoms with van der Waals surface area (Å²) >= 11 is 0. The summed E-state index contributed by atoms with van der Waals surface area (Å²) < 4.78 is 67.9. The van der Waals surface area contributed by atoms with Crippen molar-refractivity contribution in [3.8, 4) is 0 Å². The molecule has 0 aromatic carbocycles. The van der Waals surface area contributed by atoms with Crippen molar-refractivity contribution < 1.29 is 80.2 Å². The normalized spacial score (nSPS) is 14.7. The van der Waals surface area contributed by atoms with E-state index in [1.165, 1.54) is 116 Å². The fraction of sp³-hybridized carbons (Fsp3) is 0.937. The van der Waals surface area contributed by atoms with E-state index in [9.17, 15) is 43.2 Å². The van der Waals surface area contributed by atoms with Crippen molar-refractivity contribution in [2.75, 3.05) is 39.6 Å². The van der Waals surface area contributed by atoms with Crippen LogP contribution >= 0.6 is 15.6 Å². The molecule has 19 heteroatoms. The maximum absolute atomic E-state index is 13.0. The first-order valence-electron chi connectivity index (χ1n) is 32.9. The summed E-state index contributed by atoms with van der Waals surface area (Å²) in [5.41, 5.74) is 0. The minimum absolute atomic E-state index is 0.102. The number of aliphatic hydroxyl groups is 1. The Balaban J connectivity index is 5.25. The van der Waals surface area contributed by atoms with E-state index in [0.717, 1.165) is 108 Å². The molecule has 0 spiro atoms. The summed E-state index contributed by atoms with van der Waals surface area (Å²) in [6, 6.07) is 0. The van der Waals surface area contributed by atoms with E-state index in [4.69, 9.17) is 37.0 Å². The fourth-order valence-corrected chi connectivity index (χ4v) is 10.9. The third-order valence-corrected chi connectivity index (χ3v) is 16.6. The summed E-state index contributed by atoms with van der Waals surface area (Å²) in [5, 5.41) is 10.5. The van der Waals surface area contributed by atoms with E-state index >= 15 is 0 Å². The van der Waals surface area contributed by atoms with Crippen LogP contribution in [-0.4, -0.2) is 96.7 Å². The van der Waals surface area contributed by atoms with E-state index < -0.39 is 97.5 Å². The first-order chi connectivity index (χ1) is 39.3. The number of esters is 4. The van der Waals surface area contributed by atoms with Gasteiger partial charge >= 0.3 is 39.5 Å². The average molecular weight is 1210 g/mol. The van der Waals surface area contributed by atoms with E-state index in [0.29, 0.717) is 25.7 Å². The second-order valence-electron chi connectivity index (χ2n) is 24.0. The van der Waals surface area contributed by atoms with Gasteiger partial charge in [0.1, 0.15) is 19.3 Å². The zero-order valence-corrected chi connectivity index (χ0v) is 54.7. The van der Waals surface area contributed by atoms with Gasteiger partial charge in [0, 0.05) is 25.7 Å². The number of phosphoric ester groups is 2. The monoisotopic (exact) mass is 1210 g/mol. The van der Waals surface area contributed by atoms with Crippen LogP contribution in [0.15, 0.2) is 0 Å². The van der Waals surface area contributed by atoms with E-state index in [2.05, 4.69) is 48.5 Å². The Morgan fingerprint density at radius 2 is 0.622 bits per heavy atom. The van der Waals surface area contributed by atoms with Crippen molar-refractivity contribution in [1.29, 1.82) is 0 Å². The number of aliphatic hydroxyl groups excluding tert-OH is 1. The molecule has 17 nitrogen and oxygen atoms in total. The topological polar surface area (TPSA) is 237 Å². The third kappa shape index (κ3) is 55.9. The second kappa shape index (κ2) is 54.5.